The van der Waals surface area contributed by atoms with Crippen LogP contribution in [0, 0.1) is 0 Å². The fourth-order valence-corrected chi connectivity index (χ4v) is 1.92. The normalized spacial score (nSPS) is 12.3. The third-order valence-corrected chi connectivity index (χ3v) is 2.77. The summed E-state index contributed by atoms with van der Waals surface area (Å²) in [6, 6.07) is 3.27. The zero-order valence-corrected chi connectivity index (χ0v) is 14.2. The molecule has 134 valence electrons. The lowest BCUT2D eigenvalue weighted by atomic mass is 10.0. The van der Waals surface area contributed by atoms with Gasteiger partial charge in [0.25, 0.3) is 0 Å². The smallest absolute Gasteiger partial charge is 0.408 e. The number of aromatic hydroxyl groups is 1. The van der Waals surface area contributed by atoms with Gasteiger partial charge in [-0.25, -0.2) is 4.79 Å². The Kier molecular flexibility index (Phi) is 6.84. The van der Waals surface area contributed by atoms with Crippen molar-refractivity contribution in [2.45, 2.75) is 38.8 Å². The fraction of sp³-hybridized carbons (Fsp3) is 0.500. The molecule has 0 bridgehead atoms. The summed E-state index contributed by atoms with van der Waals surface area (Å²) in [6.07, 6.45) is -1.13. The average molecular weight is 341 g/mol. The number of alkyl carbamates (subject to hydrolysis) is 1. The Bertz CT molecular complexity index is 580. The van der Waals surface area contributed by atoms with Crippen molar-refractivity contribution >= 4 is 12.1 Å². The van der Waals surface area contributed by atoms with E-state index in [1.54, 1.807) is 20.8 Å². The third-order valence-electron chi connectivity index (χ3n) is 2.77. The predicted octanol–water partition coefficient (Wildman–Crippen LogP) is 2.42. The SMILES string of the molecule is COCOc1cc(O)ccc1[C@@H](CC(=O)O)NC(=O)OC(C)(C)C. The van der Waals surface area contributed by atoms with Gasteiger partial charge in [-0.2, -0.15) is 0 Å². The maximum absolute atomic E-state index is 12.0. The Balaban J connectivity index is 3.07. The first-order chi connectivity index (χ1) is 11.1. The summed E-state index contributed by atoms with van der Waals surface area (Å²) in [4.78, 5) is 23.1. The number of methoxy groups -OCH3 is 1. The molecule has 0 unspecified atom stereocenters. The summed E-state index contributed by atoms with van der Waals surface area (Å²) in [5.41, 5.74) is -0.333. The lowest BCUT2D eigenvalue weighted by molar-refractivity contribution is -0.137. The minimum absolute atomic E-state index is 0.0591. The van der Waals surface area contributed by atoms with Crippen molar-refractivity contribution < 1.29 is 34.0 Å². The van der Waals surface area contributed by atoms with Crippen molar-refractivity contribution in [2.24, 2.45) is 0 Å². The van der Waals surface area contributed by atoms with E-state index in [4.69, 9.17) is 19.3 Å². The van der Waals surface area contributed by atoms with Gasteiger partial charge in [-0.15, -0.1) is 0 Å². The van der Waals surface area contributed by atoms with Crippen molar-refractivity contribution in [3.63, 3.8) is 0 Å². The van der Waals surface area contributed by atoms with Crippen LogP contribution in [-0.2, 0) is 14.3 Å². The minimum atomic E-state index is -1.11. The van der Waals surface area contributed by atoms with Crippen LogP contribution in [0.25, 0.3) is 0 Å². The second-order valence-electron chi connectivity index (χ2n) is 6.07. The Morgan fingerprint density at radius 2 is 1.96 bits per heavy atom. The number of carboxylic acids is 1. The molecule has 0 aliphatic rings. The molecule has 0 radical (unpaired) electrons. The first-order valence-electron chi connectivity index (χ1n) is 7.28. The summed E-state index contributed by atoms with van der Waals surface area (Å²) in [5.74, 6) is -0.961. The van der Waals surface area contributed by atoms with E-state index >= 15 is 0 Å². The number of amides is 1. The highest BCUT2D eigenvalue weighted by molar-refractivity contribution is 5.72. The van der Waals surface area contributed by atoms with Gasteiger partial charge in [0.15, 0.2) is 6.79 Å². The van der Waals surface area contributed by atoms with E-state index in [0.29, 0.717) is 5.56 Å². The summed E-state index contributed by atoms with van der Waals surface area (Å²) in [7, 11) is 1.43. The lowest BCUT2D eigenvalue weighted by Gasteiger charge is -2.24. The molecule has 0 saturated carbocycles. The number of benzene rings is 1. The first-order valence-corrected chi connectivity index (χ1v) is 7.28. The van der Waals surface area contributed by atoms with Crippen LogP contribution in [0.5, 0.6) is 11.5 Å². The zero-order chi connectivity index (χ0) is 18.3. The van der Waals surface area contributed by atoms with Crippen LogP contribution < -0.4 is 10.1 Å². The van der Waals surface area contributed by atoms with E-state index in [2.05, 4.69) is 5.32 Å². The number of hydrogen-bond acceptors (Lipinski definition) is 6. The molecule has 1 rings (SSSR count). The molecule has 0 heterocycles. The van der Waals surface area contributed by atoms with E-state index in [0.717, 1.165) is 0 Å². The van der Waals surface area contributed by atoms with E-state index in [1.807, 2.05) is 0 Å². The van der Waals surface area contributed by atoms with Gasteiger partial charge in [-0.05, 0) is 32.9 Å². The van der Waals surface area contributed by atoms with Crippen molar-refractivity contribution in [3.8, 4) is 11.5 Å². The number of carbonyl (C=O) groups is 2. The minimum Gasteiger partial charge on any atom is -0.508 e. The molecule has 0 saturated heterocycles. The molecular weight excluding hydrogens is 318 g/mol. The molecule has 24 heavy (non-hydrogen) atoms. The third kappa shape index (κ3) is 6.74. The van der Waals surface area contributed by atoms with Gasteiger partial charge in [-0.1, -0.05) is 0 Å². The Labute approximate surface area is 140 Å². The summed E-state index contributed by atoms with van der Waals surface area (Å²) in [5, 5.41) is 21.2. The molecule has 1 atom stereocenters. The van der Waals surface area contributed by atoms with E-state index in [-0.39, 0.29) is 24.7 Å². The number of phenols is 1. The van der Waals surface area contributed by atoms with Gasteiger partial charge in [0.2, 0.25) is 0 Å². The molecule has 3 N–H and O–H groups in total. The predicted molar refractivity (Wildman–Crippen MR) is 85.0 cm³/mol. The van der Waals surface area contributed by atoms with Crippen molar-refractivity contribution in [1.29, 1.82) is 0 Å². The highest BCUT2D eigenvalue weighted by atomic mass is 16.7. The molecule has 8 heteroatoms. The van der Waals surface area contributed by atoms with Crippen LogP contribution in [0.2, 0.25) is 0 Å². The monoisotopic (exact) mass is 341 g/mol. The molecule has 0 aliphatic carbocycles. The average Bonchev–Trinajstić information content (AvgIpc) is 2.42. The van der Waals surface area contributed by atoms with Gasteiger partial charge in [0.05, 0.1) is 12.5 Å². The van der Waals surface area contributed by atoms with Crippen LogP contribution >= 0.6 is 0 Å². The number of phenolic OH excluding ortho intramolecular Hbond substituents is 1. The molecule has 1 amide bonds. The van der Waals surface area contributed by atoms with Crippen LogP contribution in [0.15, 0.2) is 18.2 Å². The fourth-order valence-electron chi connectivity index (χ4n) is 1.92. The maximum Gasteiger partial charge on any atom is 0.408 e. The number of carbonyl (C=O) groups excluding carboxylic acids is 1. The standard InChI is InChI=1S/C16H23NO7/c1-16(2,3)24-15(21)17-12(8-14(19)20)11-6-5-10(18)7-13(11)23-9-22-4/h5-7,12,18H,8-9H2,1-4H3,(H,17,21)(H,19,20)/t12-/m1/s1. The molecule has 0 spiro atoms. The van der Waals surface area contributed by atoms with Crippen molar-refractivity contribution in [3.05, 3.63) is 23.8 Å². The van der Waals surface area contributed by atoms with Gasteiger partial charge in [0.1, 0.15) is 17.1 Å². The largest absolute Gasteiger partial charge is 0.508 e. The number of rotatable bonds is 7. The van der Waals surface area contributed by atoms with E-state index in [1.165, 1.54) is 25.3 Å². The zero-order valence-electron chi connectivity index (χ0n) is 14.2. The van der Waals surface area contributed by atoms with Crippen molar-refractivity contribution in [2.75, 3.05) is 13.9 Å². The van der Waals surface area contributed by atoms with E-state index < -0.39 is 23.7 Å². The van der Waals surface area contributed by atoms with Gasteiger partial charge in [0, 0.05) is 18.7 Å². The maximum atomic E-state index is 12.0. The second kappa shape index (κ2) is 8.39. The quantitative estimate of drug-likeness (QED) is 0.652. The number of ether oxygens (including phenoxy) is 3. The summed E-state index contributed by atoms with van der Waals surface area (Å²) in [6.45, 7) is 5.01. The number of carboxylic acid groups (broad SMARTS) is 1. The number of aliphatic carboxylic acids is 1. The second-order valence-corrected chi connectivity index (χ2v) is 6.07. The number of hydrogen-bond donors (Lipinski definition) is 3. The van der Waals surface area contributed by atoms with Crippen molar-refractivity contribution in [1.82, 2.24) is 5.32 Å². The first kappa shape index (κ1) is 19.6. The molecule has 0 fully saturated rings. The Morgan fingerprint density at radius 3 is 2.50 bits per heavy atom. The Morgan fingerprint density at radius 1 is 1.29 bits per heavy atom. The number of nitrogens with one attached hydrogen (secondary N) is 1. The topological polar surface area (TPSA) is 114 Å². The van der Waals surface area contributed by atoms with Gasteiger partial charge in [-0.3, -0.25) is 4.79 Å². The summed E-state index contributed by atoms with van der Waals surface area (Å²) < 4.78 is 15.3. The van der Waals surface area contributed by atoms with Crippen LogP contribution in [0.1, 0.15) is 38.8 Å². The van der Waals surface area contributed by atoms with Gasteiger partial charge >= 0.3 is 12.1 Å². The van der Waals surface area contributed by atoms with Crippen LogP contribution in [0.4, 0.5) is 4.79 Å². The van der Waals surface area contributed by atoms with E-state index in [9.17, 15) is 14.7 Å². The highest BCUT2D eigenvalue weighted by Crippen LogP contribution is 2.31. The lowest BCUT2D eigenvalue weighted by Crippen LogP contribution is -2.36. The summed E-state index contributed by atoms with van der Waals surface area (Å²) >= 11 is 0. The molecule has 1 aromatic carbocycles. The van der Waals surface area contributed by atoms with Crippen LogP contribution in [-0.4, -0.2) is 41.8 Å². The molecule has 8 nitrogen and oxygen atoms in total. The molecular formula is C16H23NO7. The molecule has 0 aromatic heterocycles. The highest BCUT2D eigenvalue weighted by Gasteiger charge is 2.25. The van der Waals surface area contributed by atoms with Crippen LogP contribution in [0.3, 0.4) is 0 Å². The molecule has 0 aliphatic heterocycles. The Hall–Kier alpha value is -2.48. The van der Waals surface area contributed by atoms with Gasteiger partial charge < -0.3 is 29.7 Å². The molecule has 1 aromatic rings.